The van der Waals surface area contributed by atoms with E-state index in [9.17, 15) is 4.79 Å². The number of aromatic nitrogens is 3. The van der Waals surface area contributed by atoms with E-state index in [0.717, 1.165) is 25.0 Å². The minimum atomic E-state index is -0.389. The van der Waals surface area contributed by atoms with Gasteiger partial charge in [0.25, 0.3) is 0 Å². The van der Waals surface area contributed by atoms with Gasteiger partial charge in [0.15, 0.2) is 5.69 Å². The normalized spacial score (nSPS) is 27.3. The van der Waals surface area contributed by atoms with Gasteiger partial charge in [-0.3, -0.25) is 0 Å². The van der Waals surface area contributed by atoms with E-state index in [4.69, 9.17) is 4.74 Å². The summed E-state index contributed by atoms with van der Waals surface area (Å²) in [7, 11) is 1.38. The van der Waals surface area contributed by atoms with Crippen LogP contribution in [0.5, 0.6) is 0 Å². The summed E-state index contributed by atoms with van der Waals surface area (Å²) in [6.45, 7) is 6.59. The maximum Gasteiger partial charge on any atom is 0.360 e. The lowest BCUT2D eigenvalue weighted by Gasteiger charge is -2.32. The topological polar surface area (TPSA) is 57.0 Å². The van der Waals surface area contributed by atoms with Crippen molar-refractivity contribution in [1.82, 2.24) is 15.0 Å². The Morgan fingerprint density at radius 3 is 2.47 bits per heavy atom. The van der Waals surface area contributed by atoms with Gasteiger partial charge in [-0.15, -0.1) is 5.10 Å². The largest absolute Gasteiger partial charge is 0.464 e. The summed E-state index contributed by atoms with van der Waals surface area (Å²) in [6.07, 6.45) is 4.25. The molecule has 0 aliphatic heterocycles. The molecular weight excluding hydrogens is 242 g/mol. The third-order valence-electron chi connectivity index (χ3n) is 4.00. The van der Waals surface area contributed by atoms with E-state index in [1.807, 2.05) is 11.6 Å². The monoisotopic (exact) mass is 265 g/mol. The Morgan fingerprint density at radius 1 is 1.32 bits per heavy atom. The number of hydrogen-bond acceptors (Lipinski definition) is 4. The Kier molecular flexibility index (Phi) is 4.22. The Hall–Kier alpha value is -1.39. The molecule has 0 spiro atoms. The van der Waals surface area contributed by atoms with Gasteiger partial charge in [0.1, 0.15) is 0 Å². The highest BCUT2D eigenvalue weighted by Crippen LogP contribution is 2.36. The van der Waals surface area contributed by atoms with Gasteiger partial charge >= 0.3 is 5.97 Å². The van der Waals surface area contributed by atoms with Crippen LogP contribution in [-0.4, -0.2) is 28.1 Å². The quantitative estimate of drug-likeness (QED) is 0.788. The van der Waals surface area contributed by atoms with Crippen LogP contribution in [0.15, 0.2) is 0 Å². The summed E-state index contributed by atoms with van der Waals surface area (Å²) >= 11 is 0. The lowest BCUT2D eigenvalue weighted by molar-refractivity contribution is 0.0592. The number of esters is 1. The molecule has 0 bridgehead atoms. The Labute approximate surface area is 114 Å². The summed E-state index contributed by atoms with van der Waals surface area (Å²) in [5.41, 5.74) is 1.27. The minimum Gasteiger partial charge on any atom is -0.464 e. The first kappa shape index (κ1) is 14.0. The number of nitrogens with zero attached hydrogens (tertiary/aromatic N) is 3. The molecule has 2 atom stereocenters. The molecule has 0 aromatic carbocycles. The fraction of sp³-hybridized carbons (Fsp3) is 0.786. The molecule has 0 saturated heterocycles. The first-order valence-electron chi connectivity index (χ1n) is 7.09. The first-order chi connectivity index (χ1) is 9.06. The number of rotatable bonds is 3. The zero-order valence-corrected chi connectivity index (χ0v) is 12.2. The van der Waals surface area contributed by atoms with Crippen LogP contribution >= 0.6 is 0 Å². The smallest absolute Gasteiger partial charge is 0.360 e. The molecule has 1 saturated carbocycles. The number of carbonyl (C=O) groups excluding carboxylic acids is 1. The van der Waals surface area contributed by atoms with E-state index < -0.39 is 0 Å². The van der Waals surface area contributed by atoms with Crippen molar-refractivity contribution in [2.75, 3.05) is 7.11 Å². The SMILES string of the molecule is CCc1c(C(=O)OC)nnn1C1CC(C)CC(C)C1. The zero-order chi connectivity index (χ0) is 14.0. The molecule has 5 heteroatoms. The van der Waals surface area contributed by atoms with Crippen molar-refractivity contribution >= 4 is 5.97 Å². The number of hydrogen-bond donors (Lipinski definition) is 0. The van der Waals surface area contributed by atoms with Crippen LogP contribution in [0.4, 0.5) is 0 Å². The summed E-state index contributed by atoms with van der Waals surface area (Å²) < 4.78 is 6.72. The molecule has 19 heavy (non-hydrogen) atoms. The summed E-state index contributed by atoms with van der Waals surface area (Å²) in [6, 6.07) is 0.361. The highest BCUT2D eigenvalue weighted by Gasteiger charge is 2.29. The van der Waals surface area contributed by atoms with Gasteiger partial charge in [-0.05, 0) is 37.5 Å². The second-order valence-electron chi connectivity index (χ2n) is 5.75. The predicted molar refractivity (Wildman–Crippen MR) is 72.0 cm³/mol. The standard InChI is InChI=1S/C14H23N3O2/c1-5-12-13(14(18)19-4)15-16-17(12)11-7-9(2)6-10(3)8-11/h9-11H,5-8H2,1-4H3. The van der Waals surface area contributed by atoms with E-state index >= 15 is 0 Å². The van der Waals surface area contributed by atoms with Crippen LogP contribution < -0.4 is 0 Å². The van der Waals surface area contributed by atoms with Crippen LogP contribution in [0.3, 0.4) is 0 Å². The average Bonchev–Trinajstić information content (AvgIpc) is 2.80. The van der Waals surface area contributed by atoms with Crippen molar-refractivity contribution < 1.29 is 9.53 Å². The third kappa shape index (κ3) is 2.80. The Morgan fingerprint density at radius 2 is 1.95 bits per heavy atom. The van der Waals surface area contributed by atoms with Gasteiger partial charge in [0.05, 0.1) is 18.8 Å². The van der Waals surface area contributed by atoms with Gasteiger partial charge in [0, 0.05) is 0 Å². The maximum absolute atomic E-state index is 11.7. The Bertz CT molecular complexity index is 446. The molecule has 1 heterocycles. The van der Waals surface area contributed by atoms with Crippen LogP contribution in [0.2, 0.25) is 0 Å². The van der Waals surface area contributed by atoms with Crippen LogP contribution in [0.25, 0.3) is 0 Å². The molecule has 0 N–H and O–H groups in total. The summed E-state index contributed by atoms with van der Waals surface area (Å²) in [4.78, 5) is 11.7. The van der Waals surface area contributed by atoms with E-state index in [1.54, 1.807) is 0 Å². The average molecular weight is 265 g/mol. The lowest BCUT2D eigenvalue weighted by atomic mass is 9.80. The molecule has 1 aliphatic carbocycles. The number of ether oxygens (including phenoxy) is 1. The lowest BCUT2D eigenvalue weighted by Crippen LogP contribution is -2.25. The zero-order valence-electron chi connectivity index (χ0n) is 12.2. The molecule has 1 aromatic rings. The molecule has 1 fully saturated rings. The van der Waals surface area contributed by atoms with Crippen molar-refractivity contribution in [3.8, 4) is 0 Å². The molecular formula is C14H23N3O2. The van der Waals surface area contributed by atoms with Gasteiger partial charge in [-0.2, -0.15) is 0 Å². The van der Waals surface area contributed by atoms with Crippen molar-refractivity contribution in [2.45, 2.75) is 52.5 Å². The fourth-order valence-electron chi connectivity index (χ4n) is 3.30. The summed E-state index contributed by atoms with van der Waals surface area (Å²) in [5.74, 6) is 1.01. The van der Waals surface area contributed by atoms with Gasteiger partial charge in [-0.25, -0.2) is 9.48 Å². The van der Waals surface area contributed by atoms with Crippen molar-refractivity contribution in [3.63, 3.8) is 0 Å². The highest BCUT2D eigenvalue weighted by molar-refractivity contribution is 5.88. The fourth-order valence-corrected chi connectivity index (χ4v) is 3.30. The van der Waals surface area contributed by atoms with Gasteiger partial charge in [-0.1, -0.05) is 26.0 Å². The summed E-state index contributed by atoms with van der Waals surface area (Å²) in [5, 5.41) is 8.24. The van der Waals surface area contributed by atoms with Crippen LogP contribution in [-0.2, 0) is 11.2 Å². The molecule has 0 radical (unpaired) electrons. The van der Waals surface area contributed by atoms with Crippen LogP contribution in [0.1, 0.15) is 62.3 Å². The predicted octanol–water partition coefficient (Wildman–Crippen LogP) is 2.62. The molecule has 0 amide bonds. The van der Waals surface area contributed by atoms with Crippen molar-refractivity contribution in [3.05, 3.63) is 11.4 Å². The first-order valence-corrected chi connectivity index (χ1v) is 7.09. The number of carbonyl (C=O) groups is 1. The van der Waals surface area contributed by atoms with E-state index in [2.05, 4.69) is 24.2 Å². The van der Waals surface area contributed by atoms with Gasteiger partial charge < -0.3 is 4.74 Å². The molecule has 106 valence electrons. The van der Waals surface area contributed by atoms with E-state index in [-0.39, 0.29) is 5.97 Å². The minimum absolute atomic E-state index is 0.361. The molecule has 1 aliphatic rings. The third-order valence-corrected chi connectivity index (χ3v) is 4.00. The van der Waals surface area contributed by atoms with E-state index in [0.29, 0.717) is 23.6 Å². The molecule has 2 unspecified atom stereocenters. The van der Waals surface area contributed by atoms with Crippen molar-refractivity contribution in [2.24, 2.45) is 11.8 Å². The molecule has 1 aromatic heterocycles. The van der Waals surface area contributed by atoms with Crippen LogP contribution in [0, 0.1) is 11.8 Å². The maximum atomic E-state index is 11.7. The highest BCUT2D eigenvalue weighted by atomic mass is 16.5. The van der Waals surface area contributed by atoms with Gasteiger partial charge in [0.2, 0.25) is 0 Å². The molecule has 2 rings (SSSR count). The van der Waals surface area contributed by atoms with E-state index in [1.165, 1.54) is 13.5 Å². The second-order valence-corrected chi connectivity index (χ2v) is 5.75. The Balaban J connectivity index is 2.29. The molecule has 5 nitrogen and oxygen atoms in total. The van der Waals surface area contributed by atoms with Crippen molar-refractivity contribution in [1.29, 1.82) is 0 Å². The second kappa shape index (κ2) is 5.72. The number of methoxy groups -OCH3 is 1.